The minimum atomic E-state index is -0.193. The number of benzene rings is 4. The molecule has 0 aliphatic carbocycles. The third kappa shape index (κ3) is 7.38. The number of carbonyl (C=O) groups is 1. The molecular formula is C28H24ClIN2O3S. The smallest absolute Gasteiger partial charge is 0.250 e. The van der Waals surface area contributed by atoms with Gasteiger partial charge in [-0.05, 0) is 93.9 Å². The molecule has 0 aromatic heterocycles. The van der Waals surface area contributed by atoms with Gasteiger partial charge >= 0.3 is 0 Å². The number of hydrogen-bond acceptors (Lipinski definition) is 5. The quantitative estimate of drug-likeness (QED) is 0.0864. The third-order valence-corrected chi connectivity index (χ3v) is 7.18. The second-order valence-corrected chi connectivity index (χ2v) is 10.4. The second-order valence-electron chi connectivity index (χ2n) is 7.77. The van der Waals surface area contributed by atoms with Gasteiger partial charge in [0.15, 0.2) is 11.5 Å². The summed E-state index contributed by atoms with van der Waals surface area (Å²) in [5.41, 5.74) is 4.45. The highest BCUT2D eigenvalue weighted by Gasteiger charge is 2.12. The molecule has 0 spiro atoms. The molecule has 0 saturated carbocycles. The summed E-state index contributed by atoms with van der Waals surface area (Å²) in [5.74, 6) is 1.38. The first-order chi connectivity index (χ1) is 17.5. The Hall–Kier alpha value is -2.75. The van der Waals surface area contributed by atoms with Gasteiger partial charge in [-0.15, -0.1) is 11.8 Å². The Morgan fingerprint density at radius 2 is 1.81 bits per heavy atom. The van der Waals surface area contributed by atoms with Crippen LogP contribution in [-0.4, -0.2) is 24.5 Å². The van der Waals surface area contributed by atoms with Gasteiger partial charge in [0.25, 0.3) is 0 Å². The molecule has 0 fully saturated rings. The second kappa shape index (κ2) is 13.0. The van der Waals surface area contributed by atoms with Gasteiger partial charge in [0.1, 0.15) is 6.61 Å². The molecule has 0 radical (unpaired) electrons. The van der Waals surface area contributed by atoms with Crippen LogP contribution in [0, 0.1) is 3.57 Å². The number of carbonyl (C=O) groups excluding carboxylic acids is 1. The van der Waals surface area contributed by atoms with Gasteiger partial charge in [0.05, 0.1) is 22.1 Å². The van der Waals surface area contributed by atoms with E-state index in [1.807, 2.05) is 43.3 Å². The topological polar surface area (TPSA) is 59.9 Å². The van der Waals surface area contributed by atoms with Gasteiger partial charge in [-0.3, -0.25) is 4.79 Å². The standard InChI is InChI=1S/C28H24ClIN2O3S/c1-2-34-26-15-20(16-31-32-27(33)18-36-24-11-9-23(29)10-12-24)14-25(30)28(26)35-17-19-7-8-21-5-3-4-6-22(21)13-19/h3-16H,2,17-18H2,1H3,(H,32,33)/b31-16-. The van der Waals surface area contributed by atoms with E-state index < -0.39 is 0 Å². The highest BCUT2D eigenvalue weighted by molar-refractivity contribution is 14.1. The van der Waals surface area contributed by atoms with Gasteiger partial charge in [-0.1, -0.05) is 48.0 Å². The van der Waals surface area contributed by atoms with E-state index in [0.29, 0.717) is 29.7 Å². The van der Waals surface area contributed by atoms with Crippen molar-refractivity contribution < 1.29 is 14.3 Å². The predicted octanol–water partition coefficient (Wildman–Crippen LogP) is 7.32. The van der Waals surface area contributed by atoms with E-state index in [9.17, 15) is 4.79 Å². The van der Waals surface area contributed by atoms with E-state index in [-0.39, 0.29) is 11.7 Å². The van der Waals surface area contributed by atoms with E-state index in [1.54, 1.807) is 18.3 Å². The van der Waals surface area contributed by atoms with Crippen LogP contribution in [0.2, 0.25) is 5.02 Å². The molecule has 184 valence electrons. The Labute approximate surface area is 233 Å². The van der Waals surface area contributed by atoms with Crippen molar-refractivity contribution in [3.63, 3.8) is 0 Å². The van der Waals surface area contributed by atoms with Crippen molar-refractivity contribution in [1.29, 1.82) is 0 Å². The Morgan fingerprint density at radius 1 is 1.03 bits per heavy atom. The fraction of sp³-hybridized carbons (Fsp3) is 0.143. The van der Waals surface area contributed by atoms with Crippen LogP contribution in [-0.2, 0) is 11.4 Å². The molecule has 8 heteroatoms. The fourth-order valence-corrected chi connectivity index (χ4v) is 5.04. The SMILES string of the molecule is CCOc1cc(/C=N\NC(=O)CSc2ccc(Cl)cc2)cc(I)c1OCc1ccc2ccccc2c1. The number of halogens is 2. The molecule has 0 atom stereocenters. The van der Waals surface area contributed by atoms with E-state index in [2.05, 4.69) is 63.4 Å². The van der Waals surface area contributed by atoms with E-state index >= 15 is 0 Å². The highest BCUT2D eigenvalue weighted by atomic mass is 127. The van der Waals surface area contributed by atoms with Crippen LogP contribution in [0.4, 0.5) is 0 Å². The van der Waals surface area contributed by atoms with Crippen molar-refractivity contribution in [2.24, 2.45) is 5.10 Å². The zero-order valence-electron chi connectivity index (χ0n) is 19.5. The van der Waals surface area contributed by atoms with E-state index in [0.717, 1.165) is 19.6 Å². The third-order valence-electron chi connectivity index (χ3n) is 5.12. The van der Waals surface area contributed by atoms with Crippen molar-refractivity contribution in [2.45, 2.75) is 18.4 Å². The van der Waals surface area contributed by atoms with Crippen molar-refractivity contribution in [1.82, 2.24) is 5.43 Å². The molecule has 4 aromatic carbocycles. The number of thioether (sulfide) groups is 1. The number of rotatable bonds is 10. The monoisotopic (exact) mass is 630 g/mol. The van der Waals surface area contributed by atoms with Gasteiger partial charge in [0, 0.05) is 9.92 Å². The Kier molecular flexibility index (Phi) is 9.49. The Morgan fingerprint density at radius 3 is 2.58 bits per heavy atom. The lowest BCUT2D eigenvalue weighted by Gasteiger charge is -2.15. The molecule has 0 unspecified atom stereocenters. The van der Waals surface area contributed by atoms with Crippen molar-refractivity contribution in [3.05, 3.63) is 98.6 Å². The van der Waals surface area contributed by atoms with Gasteiger partial charge in [-0.25, -0.2) is 5.43 Å². The lowest BCUT2D eigenvalue weighted by Crippen LogP contribution is -2.19. The lowest BCUT2D eigenvalue weighted by atomic mass is 10.1. The minimum Gasteiger partial charge on any atom is -0.490 e. The number of ether oxygens (including phenoxy) is 2. The van der Waals surface area contributed by atoms with Gasteiger partial charge < -0.3 is 9.47 Å². The highest BCUT2D eigenvalue weighted by Crippen LogP contribution is 2.34. The van der Waals surface area contributed by atoms with Gasteiger partial charge in [-0.2, -0.15) is 5.10 Å². The summed E-state index contributed by atoms with van der Waals surface area (Å²) >= 11 is 9.54. The minimum absolute atomic E-state index is 0.193. The first-order valence-electron chi connectivity index (χ1n) is 11.3. The molecule has 4 aromatic rings. The number of nitrogens with one attached hydrogen (secondary N) is 1. The fourth-order valence-electron chi connectivity index (χ4n) is 3.44. The maximum atomic E-state index is 12.1. The summed E-state index contributed by atoms with van der Waals surface area (Å²) in [7, 11) is 0. The van der Waals surface area contributed by atoms with Crippen LogP contribution >= 0.6 is 46.0 Å². The summed E-state index contributed by atoms with van der Waals surface area (Å²) in [6, 6.07) is 25.7. The number of hydrogen-bond donors (Lipinski definition) is 1. The van der Waals surface area contributed by atoms with Gasteiger partial charge in [0.2, 0.25) is 5.91 Å². The Balaban J connectivity index is 1.38. The molecule has 0 aliphatic rings. The maximum absolute atomic E-state index is 12.1. The number of hydrazone groups is 1. The molecule has 0 bridgehead atoms. The molecule has 0 aliphatic heterocycles. The van der Waals surface area contributed by atoms with E-state index in [4.69, 9.17) is 21.1 Å². The zero-order chi connectivity index (χ0) is 25.3. The number of nitrogens with zero attached hydrogens (tertiary/aromatic N) is 1. The summed E-state index contributed by atoms with van der Waals surface area (Å²) in [6.07, 6.45) is 1.60. The molecule has 1 N–H and O–H groups in total. The zero-order valence-corrected chi connectivity index (χ0v) is 23.3. The van der Waals surface area contributed by atoms with Crippen LogP contribution in [0.5, 0.6) is 11.5 Å². The average molecular weight is 631 g/mol. The molecule has 5 nitrogen and oxygen atoms in total. The predicted molar refractivity (Wildman–Crippen MR) is 157 cm³/mol. The van der Waals surface area contributed by atoms with Crippen molar-refractivity contribution in [2.75, 3.05) is 12.4 Å². The molecule has 0 heterocycles. The molecule has 4 rings (SSSR count). The summed E-state index contributed by atoms with van der Waals surface area (Å²) in [6.45, 7) is 2.86. The molecule has 0 saturated heterocycles. The lowest BCUT2D eigenvalue weighted by molar-refractivity contribution is -0.118. The van der Waals surface area contributed by atoms with Crippen LogP contribution < -0.4 is 14.9 Å². The number of amides is 1. The van der Waals surface area contributed by atoms with E-state index in [1.165, 1.54) is 22.5 Å². The van der Waals surface area contributed by atoms with Crippen LogP contribution in [0.1, 0.15) is 18.1 Å². The number of fused-ring (bicyclic) bond motifs is 1. The van der Waals surface area contributed by atoms with Crippen LogP contribution in [0.3, 0.4) is 0 Å². The average Bonchev–Trinajstić information content (AvgIpc) is 2.88. The summed E-state index contributed by atoms with van der Waals surface area (Å²) in [5, 5.41) is 7.15. The maximum Gasteiger partial charge on any atom is 0.250 e. The first-order valence-corrected chi connectivity index (χ1v) is 13.7. The largest absolute Gasteiger partial charge is 0.490 e. The molecule has 1 amide bonds. The normalized spacial score (nSPS) is 11.1. The Bertz CT molecular complexity index is 1380. The summed E-state index contributed by atoms with van der Waals surface area (Å²) in [4.78, 5) is 13.1. The summed E-state index contributed by atoms with van der Waals surface area (Å²) < 4.78 is 12.9. The molecular weight excluding hydrogens is 607 g/mol. The van der Waals surface area contributed by atoms with Crippen LogP contribution in [0.25, 0.3) is 10.8 Å². The first kappa shape index (κ1) is 26.3. The van der Waals surface area contributed by atoms with Crippen LogP contribution in [0.15, 0.2) is 88.9 Å². The molecule has 36 heavy (non-hydrogen) atoms. The van der Waals surface area contributed by atoms with Crippen molar-refractivity contribution >= 4 is 68.8 Å². The van der Waals surface area contributed by atoms with Crippen molar-refractivity contribution in [3.8, 4) is 11.5 Å².